The minimum absolute atomic E-state index is 0.0190. The van der Waals surface area contributed by atoms with Gasteiger partial charge in [-0.15, -0.1) is 0 Å². The summed E-state index contributed by atoms with van der Waals surface area (Å²) in [5.41, 5.74) is -0.346. The molecule has 0 fully saturated rings. The normalized spacial score (nSPS) is 12.3. The number of aromatic nitrogens is 4. The van der Waals surface area contributed by atoms with Gasteiger partial charge in [0, 0.05) is 12.6 Å². The summed E-state index contributed by atoms with van der Waals surface area (Å²) in [4.78, 5) is 31.2. The Morgan fingerprint density at radius 2 is 1.94 bits per heavy atom. The van der Waals surface area contributed by atoms with Gasteiger partial charge in [0.15, 0.2) is 22.7 Å². The number of aromatic amines is 1. The molecule has 0 spiro atoms. The number of fused-ring (bicyclic) bond motifs is 1. The molecule has 0 saturated heterocycles. The van der Waals surface area contributed by atoms with Crippen molar-refractivity contribution < 1.29 is 18.6 Å². The lowest BCUT2D eigenvalue weighted by atomic mass is 10.2. The maximum Gasteiger partial charge on any atom is 0.330 e. The second-order valence-electron chi connectivity index (χ2n) is 7.57. The zero-order chi connectivity index (χ0) is 23.9. The van der Waals surface area contributed by atoms with E-state index in [1.165, 1.54) is 35.8 Å². The number of halogens is 3. The Hall–Kier alpha value is -3.50. The van der Waals surface area contributed by atoms with Gasteiger partial charge in [0.25, 0.3) is 5.56 Å². The van der Waals surface area contributed by atoms with Gasteiger partial charge in [0.2, 0.25) is 0 Å². The Morgan fingerprint density at radius 3 is 2.61 bits per heavy atom. The standard InChI is InChI=1S/C22H19ClF2N4O4/c1-11(30)9-29-20-18(21(31)27-22(29)32)28(2)19(26-20)13-4-6-17(16(25)8-13)33-10-12-3-5-14(23)15(24)7-12/h3-8,11,30H,9-10H2,1-2H3,(H,27,31,32). The van der Waals surface area contributed by atoms with Crippen LogP contribution in [0.15, 0.2) is 46.0 Å². The number of ether oxygens (including phenoxy) is 1. The Bertz CT molecular complexity index is 1480. The van der Waals surface area contributed by atoms with Gasteiger partial charge in [-0.05, 0) is 42.8 Å². The molecule has 0 aliphatic rings. The molecule has 8 nitrogen and oxygen atoms in total. The molecule has 0 aliphatic heterocycles. The molecule has 0 bridgehead atoms. The number of aliphatic hydroxyl groups is 1. The molecule has 4 aromatic rings. The number of imidazole rings is 1. The van der Waals surface area contributed by atoms with Gasteiger partial charge in [-0.25, -0.2) is 18.6 Å². The number of benzene rings is 2. The monoisotopic (exact) mass is 476 g/mol. The first-order valence-electron chi connectivity index (χ1n) is 9.90. The van der Waals surface area contributed by atoms with Crippen molar-refractivity contribution in [3.63, 3.8) is 0 Å². The quantitative estimate of drug-likeness (QED) is 0.445. The molecule has 2 N–H and O–H groups in total. The first kappa shape index (κ1) is 22.7. The average Bonchev–Trinajstić information content (AvgIpc) is 3.10. The van der Waals surface area contributed by atoms with E-state index in [1.807, 2.05) is 0 Å². The zero-order valence-electron chi connectivity index (χ0n) is 17.6. The van der Waals surface area contributed by atoms with Crippen molar-refractivity contribution in [2.24, 2.45) is 7.05 Å². The average molecular weight is 477 g/mol. The third kappa shape index (κ3) is 4.39. The number of hydrogen-bond acceptors (Lipinski definition) is 5. The summed E-state index contributed by atoms with van der Waals surface area (Å²) < 4.78 is 36.4. The Kier molecular flexibility index (Phi) is 6.05. The fraction of sp³-hybridized carbons (Fsp3) is 0.227. The fourth-order valence-electron chi connectivity index (χ4n) is 3.49. The van der Waals surface area contributed by atoms with Crippen molar-refractivity contribution in [1.82, 2.24) is 19.1 Å². The highest BCUT2D eigenvalue weighted by molar-refractivity contribution is 6.30. The highest BCUT2D eigenvalue weighted by atomic mass is 35.5. The smallest absolute Gasteiger partial charge is 0.330 e. The van der Waals surface area contributed by atoms with Gasteiger partial charge in [-0.1, -0.05) is 17.7 Å². The zero-order valence-corrected chi connectivity index (χ0v) is 18.4. The van der Waals surface area contributed by atoms with E-state index in [0.29, 0.717) is 11.1 Å². The molecule has 0 aliphatic carbocycles. The van der Waals surface area contributed by atoms with Crippen molar-refractivity contribution in [1.29, 1.82) is 0 Å². The van der Waals surface area contributed by atoms with Crippen LogP contribution in [-0.2, 0) is 20.2 Å². The van der Waals surface area contributed by atoms with Crippen LogP contribution in [-0.4, -0.2) is 30.3 Å². The molecule has 0 saturated carbocycles. The number of aryl methyl sites for hydroxylation is 1. The number of nitrogens with one attached hydrogen (secondary N) is 1. The summed E-state index contributed by atoms with van der Waals surface area (Å²) in [5, 5.41) is 9.68. The van der Waals surface area contributed by atoms with E-state index in [4.69, 9.17) is 16.3 Å². The van der Waals surface area contributed by atoms with Crippen LogP contribution in [0.25, 0.3) is 22.6 Å². The molecule has 33 heavy (non-hydrogen) atoms. The minimum Gasteiger partial charge on any atom is -0.486 e. The lowest BCUT2D eigenvalue weighted by Gasteiger charge is -2.09. The summed E-state index contributed by atoms with van der Waals surface area (Å²) in [7, 11) is 1.56. The highest BCUT2D eigenvalue weighted by Crippen LogP contribution is 2.27. The number of aliphatic hydroxyl groups excluding tert-OH is 1. The predicted molar refractivity (Wildman–Crippen MR) is 118 cm³/mol. The molecule has 1 unspecified atom stereocenters. The summed E-state index contributed by atoms with van der Waals surface area (Å²) >= 11 is 5.66. The van der Waals surface area contributed by atoms with Gasteiger partial charge in [-0.2, -0.15) is 0 Å². The molecule has 2 aromatic carbocycles. The topological polar surface area (TPSA) is 102 Å². The van der Waals surface area contributed by atoms with Crippen molar-refractivity contribution in [3.8, 4) is 17.1 Å². The van der Waals surface area contributed by atoms with Crippen LogP contribution >= 0.6 is 11.6 Å². The number of hydrogen-bond donors (Lipinski definition) is 2. The van der Waals surface area contributed by atoms with Crippen LogP contribution in [0.5, 0.6) is 5.75 Å². The highest BCUT2D eigenvalue weighted by Gasteiger charge is 2.19. The van der Waals surface area contributed by atoms with Crippen LogP contribution in [0, 0.1) is 11.6 Å². The molecule has 172 valence electrons. The van der Waals surface area contributed by atoms with Gasteiger partial charge in [0.05, 0.1) is 17.7 Å². The minimum atomic E-state index is -0.856. The lowest BCUT2D eigenvalue weighted by molar-refractivity contribution is 0.173. The van der Waals surface area contributed by atoms with E-state index in [1.54, 1.807) is 19.2 Å². The first-order valence-corrected chi connectivity index (χ1v) is 10.3. The van der Waals surface area contributed by atoms with Gasteiger partial charge in [0.1, 0.15) is 18.2 Å². The van der Waals surface area contributed by atoms with E-state index in [-0.39, 0.29) is 40.9 Å². The fourth-order valence-corrected chi connectivity index (χ4v) is 3.60. The molecule has 1 atom stereocenters. The Labute approximate surface area is 190 Å². The van der Waals surface area contributed by atoms with Gasteiger partial charge < -0.3 is 14.4 Å². The third-order valence-corrected chi connectivity index (χ3v) is 5.33. The number of H-pyrrole nitrogens is 1. The maximum absolute atomic E-state index is 14.8. The Balaban J connectivity index is 1.69. The number of nitrogens with zero attached hydrogens (tertiary/aromatic N) is 3. The van der Waals surface area contributed by atoms with E-state index in [9.17, 15) is 23.5 Å². The van der Waals surface area contributed by atoms with Crippen LogP contribution in [0.2, 0.25) is 5.02 Å². The summed E-state index contributed by atoms with van der Waals surface area (Å²) in [6.07, 6.45) is -0.856. The van der Waals surface area contributed by atoms with E-state index >= 15 is 0 Å². The van der Waals surface area contributed by atoms with Crippen molar-refractivity contribution >= 4 is 22.8 Å². The summed E-state index contributed by atoms with van der Waals surface area (Å²) in [6.45, 7) is 1.35. The van der Waals surface area contributed by atoms with Crippen molar-refractivity contribution in [2.45, 2.75) is 26.2 Å². The largest absolute Gasteiger partial charge is 0.486 e. The van der Waals surface area contributed by atoms with Gasteiger partial charge in [-0.3, -0.25) is 14.3 Å². The molecule has 0 radical (unpaired) electrons. The molecule has 0 amide bonds. The van der Waals surface area contributed by atoms with Crippen LogP contribution in [0.3, 0.4) is 0 Å². The first-order chi connectivity index (χ1) is 15.7. The molecule has 2 heterocycles. The molecular weight excluding hydrogens is 458 g/mol. The van der Waals surface area contributed by atoms with Crippen molar-refractivity contribution in [3.05, 3.63) is 79.5 Å². The van der Waals surface area contributed by atoms with E-state index in [0.717, 1.165) is 4.57 Å². The maximum atomic E-state index is 14.8. The van der Waals surface area contributed by atoms with Crippen LogP contribution < -0.4 is 16.0 Å². The van der Waals surface area contributed by atoms with E-state index in [2.05, 4.69) is 9.97 Å². The second kappa shape index (κ2) is 8.80. The Morgan fingerprint density at radius 1 is 1.18 bits per heavy atom. The number of rotatable bonds is 6. The van der Waals surface area contributed by atoms with Crippen molar-refractivity contribution in [2.75, 3.05) is 0 Å². The molecular formula is C22H19ClF2N4O4. The molecule has 4 rings (SSSR count). The van der Waals surface area contributed by atoms with Gasteiger partial charge >= 0.3 is 5.69 Å². The summed E-state index contributed by atoms with van der Waals surface area (Å²) in [6, 6.07) is 8.29. The third-order valence-electron chi connectivity index (χ3n) is 5.03. The predicted octanol–water partition coefficient (Wildman–Crippen LogP) is 2.98. The lowest BCUT2D eigenvalue weighted by Crippen LogP contribution is -2.33. The summed E-state index contributed by atoms with van der Waals surface area (Å²) in [5.74, 6) is -1.11. The molecule has 11 heteroatoms. The molecule has 2 aromatic heterocycles. The SMILES string of the molecule is CC(O)Cn1c(=O)[nH]c(=O)c2c1nc(-c1ccc(OCc3ccc(Cl)c(F)c3)c(F)c1)n2C. The van der Waals surface area contributed by atoms with Crippen LogP contribution in [0.1, 0.15) is 12.5 Å². The van der Waals surface area contributed by atoms with E-state index < -0.39 is 29.0 Å². The second-order valence-corrected chi connectivity index (χ2v) is 7.98. The van der Waals surface area contributed by atoms with Crippen LogP contribution in [0.4, 0.5) is 8.78 Å².